The molecule has 1 aromatic carbocycles. The molecule has 0 bridgehead atoms. The van der Waals surface area contributed by atoms with E-state index in [4.69, 9.17) is 10.5 Å². The summed E-state index contributed by atoms with van der Waals surface area (Å²) in [5.41, 5.74) is 7.73. The topological polar surface area (TPSA) is 64.3 Å². The van der Waals surface area contributed by atoms with E-state index in [9.17, 15) is 4.79 Å². The lowest BCUT2D eigenvalue weighted by atomic mass is 9.92. The van der Waals surface area contributed by atoms with Crippen molar-refractivity contribution in [2.45, 2.75) is 45.3 Å². The predicted octanol–water partition coefficient (Wildman–Crippen LogP) is 2.22. The highest BCUT2D eigenvalue weighted by Gasteiger charge is 2.23. The zero-order chi connectivity index (χ0) is 15.2. The molecule has 1 aromatic rings. The number of methoxy groups -OCH3 is 1. The minimum Gasteiger partial charge on any atom is -0.380 e. The second-order valence-corrected chi connectivity index (χ2v) is 5.83. The van der Waals surface area contributed by atoms with Crippen molar-refractivity contribution in [3.8, 4) is 0 Å². The van der Waals surface area contributed by atoms with Crippen LogP contribution in [-0.2, 0) is 16.0 Å². The van der Waals surface area contributed by atoms with E-state index in [2.05, 4.69) is 24.4 Å². The molecule has 0 radical (unpaired) electrons. The highest BCUT2D eigenvalue weighted by atomic mass is 35.5. The summed E-state index contributed by atoms with van der Waals surface area (Å²) in [6.45, 7) is 6.49. The van der Waals surface area contributed by atoms with Crippen LogP contribution in [0, 0.1) is 6.92 Å². The molecule has 0 aliphatic carbocycles. The monoisotopic (exact) mass is 314 g/mol. The lowest BCUT2D eigenvalue weighted by Crippen LogP contribution is -2.46. The average molecular weight is 315 g/mol. The normalized spacial score (nSPS) is 12.4. The van der Waals surface area contributed by atoms with E-state index in [0.717, 1.165) is 6.42 Å². The van der Waals surface area contributed by atoms with Crippen molar-refractivity contribution in [2.24, 2.45) is 5.73 Å². The van der Waals surface area contributed by atoms with E-state index in [1.165, 1.54) is 11.1 Å². The van der Waals surface area contributed by atoms with Crippen LogP contribution in [0.25, 0.3) is 0 Å². The summed E-state index contributed by atoms with van der Waals surface area (Å²) in [5.74, 6) is -0.0270. The van der Waals surface area contributed by atoms with Crippen LogP contribution in [-0.4, -0.2) is 31.2 Å². The molecule has 0 aromatic heterocycles. The van der Waals surface area contributed by atoms with Gasteiger partial charge < -0.3 is 15.8 Å². The summed E-state index contributed by atoms with van der Waals surface area (Å²) in [7, 11) is 1.57. The Morgan fingerprint density at radius 3 is 2.52 bits per heavy atom. The molecule has 0 aliphatic heterocycles. The number of rotatable bonds is 7. The van der Waals surface area contributed by atoms with Gasteiger partial charge in [0.1, 0.15) is 0 Å². The van der Waals surface area contributed by atoms with Crippen LogP contribution in [0.2, 0.25) is 0 Å². The van der Waals surface area contributed by atoms with Crippen molar-refractivity contribution >= 4 is 18.3 Å². The Bertz CT molecular complexity index is 446. The molecule has 0 heterocycles. The number of nitrogens with one attached hydrogen (secondary N) is 1. The Hall–Kier alpha value is -1.10. The van der Waals surface area contributed by atoms with Crippen LogP contribution in [0.1, 0.15) is 31.4 Å². The summed E-state index contributed by atoms with van der Waals surface area (Å²) in [4.78, 5) is 12.0. The second kappa shape index (κ2) is 9.03. The quantitative estimate of drug-likeness (QED) is 0.811. The number of aryl methyl sites for hydroxylation is 1. The van der Waals surface area contributed by atoms with Crippen LogP contribution in [0.15, 0.2) is 24.3 Å². The van der Waals surface area contributed by atoms with Crippen molar-refractivity contribution in [1.82, 2.24) is 5.32 Å². The number of halogens is 1. The van der Waals surface area contributed by atoms with Crippen molar-refractivity contribution in [1.29, 1.82) is 0 Å². The number of nitrogens with two attached hydrogens (primary N) is 1. The molecule has 0 fully saturated rings. The Balaban J connectivity index is 0.00000400. The first-order valence-corrected chi connectivity index (χ1v) is 6.96. The van der Waals surface area contributed by atoms with E-state index in [1.807, 2.05) is 26.0 Å². The minimum atomic E-state index is -0.296. The number of hydrogen-bond donors (Lipinski definition) is 2. The van der Waals surface area contributed by atoms with Gasteiger partial charge in [-0.2, -0.15) is 0 Å². The van der Waals surface area contributed by atoms with E-state index < -0.39 is 0 Å². The molecular formula is C16H27ClN2O2. The zero-order valence-corrected chi connectivity index (χ0v) is 14.1. The minimum absolute atomic E-state index is 0. The molecule has 3 N–H and O–H groups in total. The fourth-order valence-corrected chi connectivity index (χ4v) is 2.23. The van der Waals surface area contributed by atoms with Gasteiger partial charge in [-0.25, -0.2) is 0 Å². The third-order valence-electron chi connectivity index (χ3n) is 3.38. The maximum Gasteiger partial charge on any atom is 0.223 e. The number of benzene rings is 1. The van der Waals surface area contributed by atoms with Crippen LogP contribution < -0.4 is 11.1 Å². The van der Waals surface area contributed by atoms with Crippen LogP contribution in [0.3, 0.4) is 0 Å². The number of amides is 1. The highest BCUT2D eigenvalue weighted by molar-refractivity contribution is 5.85. The summed E-state index contributed by atoms with van der Waals surface area (Å²) in [5, 5.41) is 3.06. The SMILES string of the molecule is COC(CN)CC(=O)NC(C)(C)Cc1ccccc1C.Cl. The molecule has 0 saturated carbocycles. The van der Waals surface area contributed by atoms with Crippen molar-refractivity contribution in [3.63, 3.8) is 0 Å². The first-order valence-electron chi connectivity index (χ1n) is 6.96. The summed E-state index contributed by atoms with van der Waals surface area (Å²) in [6.07, 6.45) is 0.875. The van der Waals surface area contributed by atoms with Gasteiger partial charge in [0.25, 0.3) is 0 Å². The molecule has 1 atom stereocenters. The number of hydrogen-bond acceptors (Lipinski definition) is 3. The third kappa shape index (κ3) is 6.93. The summed E-state index contributed by atoms with van der Waals surface area (Å²) >= 11 is 0. The molecule has 120 valence electrons. The van der Waals surface area contributed by atoms with Crippen molar-refractivity contribution in [2.75, 3.05) is 13.7 Å². The van der Waals surface area contributed by atoms with Crippen molar-refractivity contribution < 1.29 is 9.53 Å². The lowest BCUT2D eigenvalue weighted by molar-refractivity contribution is -0.124. The predicted molar refractivity (Wildman–Crippen MR) is 88.8 cm³/mol. The van der Waals surface area contributed by atoms with Gasteiger partial charge in [-0.1, -0.05) is 24.3 Å². The highest BCUT2D eigenvalue weighted by Crippen LogP contribution is 2.16. The third-order valence-corrected chi connectivity index (χ3v) is 3.38. The van der Waals surface area contributed by atoms with E-state index in [1.54, 1.807) is 7.11 Å². The molecule has 0 spiro atoms. The van der Waals surface area contributed by atoms with E-state index >= 15 is 0 Å². The Labute approximate surface area is 133 Å². The summed E-state index contributed by atoms with van der Waals surface area (Å²) in [6, 6.07) is 8.23. The largest absolute Gasteiger partial charge is 0.380 e. The number of ether oxygens (including phenoxy) is 1. The molecule has 0 aliphatic rings. The summed E-state index contributed by atoms with van der Waals surface area (Å²) < 4.78 is 5.14. The van der Waals surface area contributed by atoms with E-state index in [0.29, 0.717) is 13.0 Å². The van der Waals surface area contributed by atoms with Gasteiger partial charge in [0.15, 0.2) is 0 Å². The molecule has 1 amide bonds. The molecule has 5 heteroatoms. The van der Waals surface area contributed by atoms with Gasteiger partial charge in [-0.05, 0) is 38.3 Å². The second-order valence-electron chi connectivity index (χ2n) is 5.83. The first-order chi connectivity index (χ1) is 9.38. The maximum atomic E-state index is 12.0. The molecule has 0 saturated heterocycles. The van der Waals surface area contributed by atoms with Gasteiger partial charge in [0.05, 0.1) is 12.5 Å². The van der Waals surface area contributed by atoms with Gasteiger partial charge in [0.2, 0.25) is 5.91 Å². The van der Waals surface area contributed by atoms with Crippen LogP contribution >= 0.6 is 12.4 Å². The molecule has 1 unspecified atom stereocenters. The van der Waals surface area contributed by atoms with Crippen molar-refractivity contribution in [3.05, 3.63) is 35.4 Å². The zero-order valence-electron chi connectivity index (χ0n) is 13.3. The number of carbonyl (C=O) groups excluding carboxylic acids is 1. The molecular weight excluding hydrogens is 288 g/mol. The fraction of sp³-hybridized carbons (Fsp3) is 0.562. The maximum absolute atomic E-state index is 12.0. The standard InChI is InChI=1S/C16H26N2O2.ClH/c1-12-7-5-6-8-13(12)10-16(2,3)18-15(19)9-14(11-17)20-4;/h5-8,14H,9-11,17H2,1-4H3,(H,18,19);1H. The van der Waals surface area contributed by atoms with E-state index in [-0.39, 0.29) is 30.0 Å². The van der Waals surface area contributed by atoms with Crippen LogP contribution in [0.5, 0.6) is 0 Å². The van der Waals surface area contributed by atoms with Gasteiger partial charge in [-0.15, -0.1) is 12.4 Å². The Kier molecular flexibility index (Phi) is 8.55. The van der Waals surface area contributed by atoms with Crippen LogP contribution in [0.4, 0.5) is 0 Å². The molecule has 21 heavy (non-hydrogen) atoms. The smallest absolute Gasteiger partial charge is 0.223 e. The van der Waals surface area contributed by atoms with Gasteiger partial charge >= 0.3 is 0 Å². The lowest BCUT2D eigenvalue weighted by Gasteiger charge is -2.28. The van der Waals surface area contributed by atoms with Gasteiger partial charge in [-0.3, -0.25) is 4.79 Å². The Morgan fingerprint density at radius 2 is 2.00 bits per heavy atom. The molecule has 4 nitrogen and oxygen atoms in total. The number of carbonyl (C=O) groups is 1. The fourth-order valence-electron chi connectivity index (χ4n) is 2.23. The Morgan fingerprint density at radius 1 is 1.38 bits per heavy atom. The molecule has 1 rings (SSSR count). The first kappa shape index (κ1) is 19.9. The average Bonchev–Trinajstić information content (AvgIpc) is 2.37. The van der Waals surface area contributed by atoms with Gasteiger partial charge in [0, 0.05) is 19.2 Å².